The number of pyridine rings is 1. The van der Waals surface area contributed by atoms with Crippen LogP contribution in [0.1, 0.15) is 12.5 Å². The molecule has 0 saturated heterocycles. The van der Waals surface area contributed by atoms with Gasteiger partial charge in [0.15, 0.2) is 0 Å². The van der Waals surface area contributed by atoms with Gasteiger partial charge in [0, 0.05) is 18.6 Å². The number of nitrogens with zero attached hydrogens (tertiary/aromatic N) is 1. The van der Waals surface area contributed by atoms with Gasteiger partial charge in [-0.2, -0.15) is 13.2 Å². The molecule has 1 rings (SSSR count). The molecule has 20 heavy (non-hydrogen) atoms. The van der Waals surface area contributed by atoms with Crippen molar-refractivity contribution in [2.24, 2.45) is 0 Å². The monoisotopic (exact) mass is 328 g/mol. The number of nitrogens with one attached hydrogen (secondary N) is 1. The summed E-state index contributed by atoms with van der Waals surface area (Å²) in [4.78, 5) is 4.01. The summed E-state index contributed by atoms with van der Waals surface area (Å²) >= 11 is 0.987. The lowest BCUT2D eigenvalue weighted by molar-refractivity contribution is -0.137. The van der Waals surface area contributed by atoms with Gasteiger partial charge in [0.1, 0.15) is 15.7 Å². The van der Waals surface area contributed by atoms with Crippen molar-refractivity contribution in [1.29, 1.82) is 0 Å². The fourth-order valence-electron chi connectivity index (χ4n) is 1.31. The normalized spacial score (nSPS) is 12.4. The van der Waals surface area contributed by atoms with Crippen LogP contribution >= 0.6 is 11.8 Å². The fourth-order valence-corrected chi connectivity index (χ4v) is 3.44. The second kappa shape index (κ2) is 6.66. The number of anilines is 1. The Bertz CT molecular complexity index is 559. The molecule has 1 N–H and O–H groups in total. The lowest BCUT2D eigenvalue weighted by Crippen LogP contribution is -2.09. The maximum atomic E-state index is 12.7. The molecule has 0 aliphatic rings. The number of halogens is 3. The average Bonchev–Trinajstić information content (AvgIpc) is 2.26. The molecule has 114 valence electrons. The first-order valence-electron chi connectivity index (χ1n) is 5.75. The molecule has 1 aromatic rings. The number of hydrogen-bond acceptors (Lipinski definition) is 5. The molecule has 0 saturated carbocycles. The van der Waals surface area contributed by atoms with E-state index in [1.54, 1.807) is 6.92 Å². The number of sulfone groups is 1. The van der Waals surface area contributed by atoms with E-state index < -0.39 is 21.6 Å². The topological polar surface area (TPSA) is 59.1 Å². The van der Waals surface area contributed by atoms with Crippen LogP contribution in [-0.4, -0.2) is 37.7 Å². The van der Waals surface area contributed by atoms with Crippen LogP contribution in [0, 0.1) is 0 Å². The number of alkyl halides is 3. The summed E-state index contributed by atoms with van der Waals surface area (Å²) in [6.07, 6.45) is -3.38. The van der Waals surface area contributed by atoms with Crippen molar-refractivity contribution in [1.82, 2.24) is 4.98 Å². The minimum Gasteiger partial charge on any atom is -0.370 e. The Kier molecular flexibility index (Phi) is 5.69. The largest absolute Gasteiger partial charge is 0.416 e. The summed E-state index contributed by atoms with van der Waals surface area (Å²) in [6.45, 7) is 2.19. The first kappa shape index (κ1) is 17.1. The fraction of sp³-hybridized carbons (Fsp3) is 0.545. The maximum Gasteiger partial charge on any atom is 0.416 e. The van der Waals surface area contributed by atoms with Crippen molar-refractivity contribution in [3.63, 3.8) is 0 Å². The highest BCUT2D eigenvalue weighted by Gasteiger charge is 2.31. The average molecular weight is 328 g/mol. The summed E-state index contributed by atoms with van der Waals surface area (Å²) in [5, 5.41) is 2.88. The van der Waals surface area contributed by atoms with E-state index in [-0.39, 0.29) is 22.3 Å². The Balaban J connectivity index is 2.91. The van der Waals surface area contributed by atoms with Gasteiger partial charge in [-0.15, -0.1) is 11.8 Å². The summed E-state index contributed by atoms with van der Waals surface area (Å²) in [5.74, 6) is 0.189. The van der Waals surface area contributed by atoms with Crippen LogP contribution in [-0.2, 0) is 16.0 Å². The van der Waals surface area contributed by atoms with E-state index in [9.17, 15) is 21.6 Å². The van der Waals surface area contributed by atoms with E-state index in [0.717, 1.165) is 30.2 Å². The molecule has 0 aromatic carbocycles. The van der Waals surface area contributed by atoms with Crippen LogP contribution < -0.4 is 5.32 Å². The quantitative estimate of drug-likeness (QED) is 0.814. The standard InChI is InChI=1S/C11H15F3N2O2S2/c1-3-15-9-6-8(11(12,13)14)7-10(16-9)19-4-5-20(2,17)18/h6-7H,3-5H2,1-2H3,(H,15,16). The number of rotatable bonds is 6. The Morgan fingerprint density at radius 2 is 2.00 bits per heavy atom. The summed E-state index contributed by atoms with van der Waals surface area (Å²) in [6, 6.07) is 1.86. The molecule has 1 aromatic heterocycles. The first-order chi connectivity index (χ1) is 9.12. The van der Waals surface area contributed by atoms with Crippen molar-refractivity contribution in [3.05, 3.63) is 17.7 Å². The smallest absolute Gasteiger partial charge is 0.370 e. The third-order valence-corrected chi connectivity index (χ3v) is 4.31. The number of hydrogen-bond donors (Lipinski definition) is 1. The second-order valence-corrected chi connectivity index (χ2v) is 7.46. The third kappa shape index (κ3) is 6.00. The van der Waals surface area contributed by atoms with E-state index >= 15 is 0 Å². The zero-order chi connectivity index (χ0) is 15.4. The zero-order valence-corrected chi connectivity index (χ0v) is 12.6. The van der Waals surface area contributed by atoms with Crippen molar-refractivity contribution in [3.8, 4) is 0 Å². The molecule has 9 heteroatoms. The van der Waals surface area contributed by atoms with E-state index in [2.05, 4.69) is 10.3 Å². The van der Waals surface area contributed by atoms with E-state index in [0.29, 0.717) is 6.54 Å². The molecule has 0 unspecified atom stereocenters. The van der Waals surface area contributed by atoms with Crippen LogP contribution in [0.15, 0.2) is 17.2 Å². The molecule has 0 radical (unpaired) electrons. The molecular weight excluding hydrogens is 313 g/mol. The molecule has 0 aliphatic carbocycles. The van der Waals surface area contributed by atoms with E-state index in [1.165, 1.54) is 0 Å². The van der Waals surface area contributed by atoms with Gasteiger partial charge in [0.2, 0.25) is 0 Å². The lowest BCUT2D eigenvalue weighted by Gasteiger charge is -2.11. The van der Waals surface area contributed by atoms with Crippen molar-refractivity contribution in [2.45, 2.75) is 18.1 Å². The summed E-state index contributed by atoms with van der Waals surface area (Å²) in [5.41, 5.74) is -0.801. The predicted octanol–water partition coefficient (Wildman–Crippen LogP) is 2.67. The minimum atomic E-state index is -4.46. The summed E-state index contributed by atoms with van der Waals surface area (Å²) < 4.78 is 60.2. The van der Waals surface area contributed by atoms with Gasteiger partial charge in [-0.1, -0.05) is 0 Å². The highest BCUT2D eigenvalue weighted by molar-refractivity contribution is 8.00. The highest BCUT2D eigenvalue weighted by atomic mass is 32.2. The van der Waals surface area contributed by atoms with Crippen molar-refractivity contribution in [2.75, 3.05) is 29.6 Å². The third-order valence-electron chi connectivity index (χ3n) is 2.19. The summed E-state index contributed by atoms with van der Waals surface area (Å²) in [7, 11) is -3.14. The van der Waals surface area contributed by atoms with Crippen LogP contribution in [0.5, 0.6) is 0 Å². The molecule has 0 atom stereocenters. The molecule has 4 nitrogen and oxygen atoms in total. The van der Waals surface area contributed by atoms with Gasteiger partial charge in [0.05, 0.1) is 16.3 Å². The zero-order valence-electron chi connectivity index (χ0n) is 11.0. The molecule has 0 amide bonds. The van der Waals surface area contributed by atoms with E-state index in [4.69, 9.17) is 0 Å². The molecule has 0 spiro atoms. The van der Waals surface area contributed by atoms with Gasteiger partial charge in [0.25, 0.3) is 0 Å². The molecule has 0 bridgehead atoms. The van der Waals surface area contributed by atoms with Gasteiger partial charge in [-0.05, 0) is 19.1 Å². The van der Waals surface area contributed by atoms with Crippen molar-refractivity contribution < 1.29 is 21.6 Å². The van der Waals surface area contributed by atoms with Crippen molar-refractivity contribution >= 4 is 27.4 Å². The van der Waals surface area contributed by atoms with Gasteiger partial charge >= 0.3 is 6.18 Å². The second-order valence-electron chi connectivity index (χ2n) is 4.09. The SMILES string of the molecule is CCNc1cc(C(F)(F)F)cc(SCCS(C)(=O)=O)n1. The Hall–Kier alpha value is -0.960. The van der Waals surface area contributed by atoms with Crippen LogP contribution in [0.4, 0.5) is 19.0 Å². The minimum absolute atomic E-state index is 0.105. The number of thioether (sulfide) groups is 1. The predicted molar refractivity (Wildman–Crippen MR) is 73.8 cm³/mol. The Morgan fingerprint density at radius 1 is 1.35 bits per heavy atom. The van der Waals surface area contributed by atoms with Crippen LogP contribution in [0.25, 0.3) is 0 Å². The Morgan fingerprint density at radius 3 is 2.50 bits per heavy atom. The van der Waals surface area contributed by atoms with Gasteiger partial charge in [-0.3, -0.25) is 0 Å². The van der Waals surface area contributed by atoms with Gasteiger partial charge in [-0.25, -0.2) is 13.4 Å². The lowest BCUT2D eigenvalue weighted by atomic mass is 10.2. The Labute approximate surface area is 120 Å². The maximum absolute atomic E-state index is 12.7. The number of aromatic nitrogens is 1. The molecule has 0 fully saturated rings. The first-order valence-corrected chi connectivity index (χ1v) is 8.80. The molecular formula is C11H15F3N2O2S2. The molecule has 1 heterocycles. The van der Waals surface area contributed by atoms with Crippen LogP contribution in [0.3, 0.4) is 0 Å². The van der Waals surface area contributed by atoms with Gasteiger partial charge < -0.3 is 5.32 Å². The van der Waals surface area contributed by atoms with E-state index in [1.807, 2.05) is 0 Å². The highest BCUT2D eigenvalue weighted by Crippen LogP contribution is 2.33. The van der Waals surface area contributed by atoms with Crippen LogP contribution in [0.2, 0.25) is 0 Å². The molecule has 0 aliphatic heterocycles.